The maximum absolute atomic E-state index is 9.11. The molecule has 0 aromatic carbocycles. The van der Waals surface area contributed by atoms with Crippen LogP contribution in [0.1, 0.15) is 38.8 Å². The first-order valence-electron chi connectivity index (χ1n) is 7.11. The third-order valence-corrected chi connectivity index (χ3v) is 4.61. The van der Waals surface area contributed by atoms with Crippen molar-refractivity contribution >= 4 is 5.65 Å². The van der Waals surface area contributed by atoms with Crippen LogP contribution < -0.4 is 4.74 Å². The Morgan fingerprint density at radius 3 is 2.80 bits per heavy atom. The van der Waals surface area contributed by atoms with E-state index in [0.717, 1.165) is 36.4 Å². The van der Waals surface area contributed by atoms with Crippen LogP contribution in [0.5, 0.6) is 5.75 Å². The molecule has 4 heteroatoms. The van der Waals surface area contributed by atoms with Gasteiger partial charge in [-0.2, -0.15) is 5.26 Å². The molecule has 3 aliphatic rings. The van der Waals surface area contributed by atoms with Gasteiger partial charge in [-0.3, -0.25) is 0 Å². The lowest BCUT2D eigenvalue weighted by atomic mass is 9.35. The van der Waals surface area contributed by atoms with Crippen molar-refractivity contribution in [3.05, 3.63) is 30.2 Å². The second kappa shape index (κ2) is 3.54. The van der Waals surface area contributed by atoms with E-state index in [1.165, 1.54) is 0 Å². The van der Waals surface area contributed by atoms with Gasteiger partial charge >= 0.3 is 0 Å². The molecule has 2 heterocycles. The predicted molar refractivity (Wildman–Crippen MR) is 74.5 cm³/mol. The molecular weight excluding hydrogens is 250 g/mol. The number of fused-ring (bicyclic) bond motifs is 1. The summed E-state index contributed by atoms with van der Waals surface area (Å²) in [6.45, 7) is 4.04. The van der Waals surface area contributed by atoms with Crippen molar-refractivity contribution in [1.29, 1.82) is 5.26 Å². The summed E-state index contributed by atoms with van der Waals surface area (Å²) in [4.78, 5) is 4.75. The molecule has 0 saturated heterocycles. The van der Waals surface area contributed by atoms with Gasteiger partial charge < -0.3 is 9.14 Å². The molecule has 3 fully saturated rings. The molecule has 2 bridgehead atoms. The number of pyridine rings is 1. The molecule has 0 unspecified atom stereocenters. The van der Waals surface area contributed by atoms with Crippen molar-refractivity contribution in [1.82, 2.24) is 9.38 Å². The predicted octanol–water partition coefficient (Wildman–Crippen LogP) is 3.07. The summed E-state index contributed by atoms with van der Waals surface area (Å²) in [7, 11) is 0. The highest BCUT2D eigenvalue weighted by molar-refractivity contribution is 5.49. The van der Waals surface area contributed by atoms with Gasteiger partial charge in [0.2, 0.25) is 0 Å². The van der Waals surface area contributed by atoms with E-state index >= 15 is 0 Å². The highest BCUT2D eigenvalue weighted by Gasteiger charge is 2.70. The van der Waals surface area contributed by atoms with Crippen molar-refractivity contribution in [2.45, 2.75) is 44.6 Å². The molecule has 0 aliphatic heterocycles. The monoisotopic (exact) mass is 267 g/mol. The quantitative estimate of drug-likeness (QED) is 0.858. The lowest BCUT2D eigenvalue weighted by Crippen LogP contribution is -2.63. The molecule has 3 saturated carbocycles. The minimum Gasteiger partial charge on any atom is -0.491 e. The third-order valence-electron chi connectivity index (χ3n) is 4.61. The van der Waals surface area contributed by atoms with Crippen LogP contribution in [-0.2, 0) is 5.41 Å². The first kappa shape index (κ1) is 11.8. The smallest absolute Gasteiger partial charge is 0.140 e. The molecule has 2 aromatic heterocycles. The third kappa shape index (κ3) is 1.44. The van der Waals surface area contributed by atoms with E-state index in [1.54, 1.807) is 0 Å². The summed E-state index contributed by atoms with van der Waals surface area (Å²) in [5.74, 6) is 0.857. The van der Waals surface area contributed by atoms with Crippen LogP contribution in [0.25, 0.3) is 5.65 Å². The summed E-state index contributed by atoms with van der Waals surface area (Å²) in [6, 6.07) is 6.40. The standard InChI is InChI=1S/C16H17N3O/c1-11(2)20-12-3-4-19-6-13(18-14(19)5-12)16-7-15(8-16,9-16)10-17/h3-6,11H,7-9H2,1-2H3. The Morgan fingerprint density at radius 2 is 2.15 bits per heavy atom. The highest BCUT2D eigenvalue weighted by Crippen LogP contribution is 2.73. The van der Waals surface area contributed by atoms with Crippen LogP contribution in [0.2, 0.25) is 0 Å². The van der Waals surface area contributed by atoms with Crippen molar-refractivity contribution in [2.24, 2.45) is 5.41 Å². The zero-order valence-electron chi connectivity index (χ0n) is 11.8. The SMILES string of the molecule is CC(C)Oc1ccn2cc(C34CC(C#N)(C3)C4)nc2c1. The molecule has 0 atom stereocenters. The van der Waals surface area contributed by atoms with Gasteiger partial charge in [0.05, 0.1) is 23.3 Å². The van der Waals surface area contributed by atoms with E-state index < -0.39 is 0 Å². The normalized spacial score (nSPS) is 30.7. The van der Waals surface area contributed by atoms with Gasteiger partial charge in [-0.25, -0.2) is 4.98 Å². The fourth-order valence-electron chi connectivity index (χ4n) is 3.74. The second-order valence-corrected chi connectivity index (χ2v) is 6.62. The van der Waals surface area contributed by atoms with E-state index in [2.05, 4.69) is 12.3 Å². The number of hydrogen-bond acceptors (Lipinski definition) is 3. The van der Waals surface area contributed by atoms with E-state index in [1.807, 2.05) is 36.6 Å². The van der Waals surface area contributed by atoms with E-state index in [0.29, 0.717) is 0 Å². The number of nitrogens with zero attached hydrogens (tertiary/aromatic N) is 3. The van der Waals surface area contributed by atoms with Gasteiger partial charge in [-0.1, -0.05) is 0 Å². The number of rotatable bonds is 3. The largest absolute Gasteiger partial charge is 0.491 e. The van der Waals surface area contributed by atoms with Crippen LogP contribution in [-0.4, -0.2) is 15.5 Å². The zero-order valence-corrected chi connectivity index (χ0v) is 11.8. The summed E-state index contributed by atoms with van der Waals surface area (Å²) in [5, 5.41) is 9.11. The molecule has 0 radical (unpaired) electrons. The Hall–Kier alpha value is -2.02. The Balaban J connectivity index is 1.66. The lowest BCUT2D eigenvalue weighted by molar-refractivity contribution is -0.0953. The van der Waals surface area contributed by atoms with Gasteiger partial charge in [-0.15, -0.1) is 0 Å². The highest BCUT2D eigenvalue weighted by atomic mass is 16.5. The van der Waals surface area contributed by atoms with Crippen molar-refractivity contribution < 1.29 is 4.74 Å². The molecule has 2 aromatic rings. The Labute approximate surface area is 118 Å². The van der Waals surface area contributed by atoms with Crippen molar-refractivity contribution in [2.75, 3.05) is 0 Å². The lowest BCUT2D eigenvalue weighted by Gasteiger charge is -2.66. The molecule has 4 nitrogen and oxygen atoms in total. The summed E-state index contributed by atoms with van der Waals surface area (Å²) in [6.07, 6.45) is 7.21. The molecular formula is C16H17N3O. The molecule has 20 heavy (non-hydrogen) atoms. The number of nitriles is 1. The van der Waals surface area contributed by atoms with Crippen LogP contribution in [0, 0.1) is 16.7 Å². The summed E-state index contributed by atoms with van der Waals surface area (Å²) < 4.78 is 7.75. The molecule has 0 N–H and O–H groups in total. The van der Waals surface area contributed by atoms with Gasteiger partial charge in [0.25, 0.3) is 0 Å². The van der Waals surface area contributed by atoms with Gasteiger partial charge in [0, 0.05) is 23.9 Å². The first-order chi connectivity index (χ1) is 9.54. The average Bonchev–Trinajstić information content (AvgIpc) is 2.68. The van der Waals surface area contributed by atoms with Gasteiger partial charge in [0.1, 0.15) is 11.4 Å². The fourth-order valence-corrected chi connectivity index (χ4v) is 3.74. The van der Waals surface area contributed by atoms with E-state index in [4.69, 9.17) is 15.0 Å². The minimum atomic E-state index is -0.0261. The Morgan fingerprint density at radius 1 is 1.40 bits per heavy atom. The molecule has 0 spiro atoms. The maximum atomic E-state index is 9.11. The van der Waals surface area contributed by atoms with Crippen LogP contribution in [0.15, 0.2) is 24.5 Å². The Bertz CT molecular complexity index is 718. The molecule has 102 valence electrons. The second-order valence-electron chi connectivity index (χ2n) is 6.62. The van der Waals surface area contributed by atoms with Gasteiger partial charge in [-0.05, 0) is 39.2 Å². The number of aromatic nitrogens is 2. The summed E-state index contributed by atoms with van der Waals surface area (Å²) in [5.41, 5.74) is 2.22. The molecule has 3 aliphatic carbocycles. The zero-order chi connectivity index (χ0) is 14.0. The maximum Gasteiger partial charge on any atom is 0.140 e. The van der Waals surface area contributed by atoms with E-state index in [9.17, 15) is 0 Å². The average molecular weight is 267 g/mol. The fraction of sp³-hybridized carbons (Fsp3) is 0.500. The number of imidazole rings is 1. The number of hydrogen-bond donors (Lipinski definition) is 0. The minimum absolute atomic E-state index is 0.0261. The van der Waals surface area contributed by atoms with E-state index in [-0.39, 0.29) is 16.9 Å². The van der Waals surface area contributed by atoms with Crippen molar-refractivity contribution in [3.8, 4) is 11.8 Å². The van der Waals surface area contributed by atoms with Crippen molar-refractivity contribution in [3.63, 3.8) is 0 Å². The van der Waals surface area contributed by atoms with Crippen LogP contribution >= 0.6 is 0 Å². The summed E-state index contributed by atoms with van der Waals surface area (Å²) >= 11 is 0. The van der Waals surface area contributed by atoms with Crippen LogP contribution in [0.4, 0.5) is 0 Å². The molecule has 5 rings (SSSR count). The molecule has 0 amide bonds. The topological polar surface area (TPSA) is 50.3 Å². The first-order valence-corrected chi connectivity index (χ1v) is 7.11. The van der Waals surface area contributed by atoms with Gasteiger partial charge in [0.15, 0.2) is 0 Å². The van der Waals surface area contributed by atoms with Crippen LogP contribution in [0.3, 0.4) is 0 Å². The number of ether oxygens (including phenoxy) is 1. The Kier molecular flexibility index (Phi) is 2.09.